The number of aromatic nitrogens is 1. The van der Waals surface area contributed by atoms with Crippen LogP contribution < -0.4 is 5.32 Å². The number of benzene rings is 1. The third-order valence-corrected chi connectivity index (χ3v) is 4.31. The Kier molecular flexibility index (Phi) is 3.77. The molecule has 1 fully saturated rings. The van der Waals surface area contributed by atoms with Crippen LogP contribution in [-0.2, 0) is 6.54 Å². The van der Waals surface area contributed by atoms with Crippen LogP contribution >= 0.6 is 0 Å². The van der Waals surface area contributed by atoms with Gasteiger partial charge >= 0.3 is 0 Å². The van der Waals surface area contributed by atoms with Crippen molar-refractivity contribution in [3.05, 3.63) is 36.0 Å². The lowest BCUT2D eigenvalue weighted by Crippen LogP contribution is -2.36. The molecule has 1 aliphatic rings. The monoisotopic (exact) mass is 270 g/mol. The minimum atomic E-state index is 0.0836. The maximum absolute atomic E-state index is 12.5. The molecule has 1 amide bonds. The second-order valence-corrected chi connectivity index (χ2v) is 5.65. The largest absolute Gasteiger partial charge is 0.349 e. The molecule has 0 atom stereocenters. The third kappa shape index (κ3) is 2.45. The van der Waals surface area contributed by atoms with Crippen LogP contribution in [-0.4, -0.2) is 16.5 Å². The molecule has 1 aromatic carbocycles. The van der Waals surface area contributed by atoms with E-state index in [2.05, 4.69) is 22.9 Å². The first-order chi connectivity index (χ1) is 9.79. The van der Waals surface area contributed by atoms with Gasteiger partial charge < -0.3 is 9.88 Å². The van der Waals surface area contributed by atoms with Crippen molar-refractivity contribution in [2.24, 2.45) is 0 Å². The molecular formula is C17H22N2O. The van der Waals surface area contributed by atoms with Gasteiger partial charge in [0.1, 0.15) is 0 Å². The number of hydrogen-bond acceptors (Lipinski definition) is 1. The van der Waals surface area contributed by atoms with E-state index in [0.29, 0.717) is 6.04 Å². The zero-order chi connectivity index (χ0) is 13.9. The number of nitrogens with zero attached hydrogens (tertiary/aromatic N) is 1. The SMILES string of the molecule is CCn1cc(C(=O)NC2CCCCC2)c2ccccc21. The van der Waals surface area contributed by atoms with Gasteiger partial charge in [0.2, 0.25) is 0 Å². The Hall–Kier alpha value is -1.77. The molecule has 1 saturated carbocycles. The number of para-hydroxylation sites is 1. The lowest BCUT2D eigenvalue weighted by atomic mass is 9.95. The zero-order valence-corrected chi connectivity index (χ0v) is 12.1. The second kappa shape index (κ2) is 5.70. The lowest BCUT2D eigenvalue weighted by Gasteiger charge is -2.22. The summed E-state index contributed by atoms with van der Waals surface area (Å²) in [6, 6.07) is 8.50. The van der Waals surface area contributed by atoms with Crippen molar-refractivity contribution in [1.29, 1.82) is 0 Å². The molecule has 3 nitrogen and oxygen atoms in total. The van der Waals surface area contributed by atoms with E-state index in [0.717, 1.165) is 35.9 Å². The molecule has 0 radical (unpaired) electrons. The number of nitrogens with one attached hydrogen (secondary N) is 1. The maximum Gasteiger partial charge on any atom is 0.253 e. The average Bonchev–Trinajstić information content (AvgIpc) is 2.87. The van der Waals surface area contributed by atoms with Crippen LogP contribution in [0, 0.1) is 0 Å². The van der Waals surface area contributed by atoms with Crippen LogP contribution in [0.25, 0.3) is 10.9 Å². The van der Waals surface area contributed by atoms with Crippen LogP contribution in [0.15, 0.2) is 30.5 Å². The molecule has 1 aliphatic carbocycles. The first-order valence-corrected chi connectivity index (χ1v) is 7.68. The molecule has 106 valence electrons. The van der Waals surface area contributed by atoms with E-state index < -0.39 is 0 Å². The van der Waals surface area contributed by atoms with E-state index in [4.69, 9.17) is 0 Å². The molecule has 0 unspecified atom stereocenters. The van der Waals surface area contributed by atoms with Crippen LogP contribution in [0.4, 0.5) is 0 Å². The van der Waals surface area contributed by atoms with Crippen molar-refractivity contribution >= 4 is 16.8 Å². The highest BCUT2D eigenvalue weighted by Crippen LogP contribution is 2.23. The topological polar surface area (TPSA) is 34.0 Å². The number of carbonyl (C=O) groups is 1. The van der Waals surface area contributed by atoms with Gasteiger partial charge in [0.05, 0.1) is 5.56 Å². The van der Waals surface area contributed by atoms with E-state index in [1.54, 1.807) is 0 Å². The van der Waals surface area contributed by atoms with E-state index in [1.807, 2.05) is 24.4 Å². The summed E-state index contributed by atoms with van der Waals surface area (Å²) in [5.41, 5.74) is 1.96. The van der Waals surface area contributed by atoms with Crippen molar-refractivity contribution < 1.29 is 4.79 Å². The van der Waals surface area contributed by atoms with E-state index in [9.17, 15) is 4.79 Å². The van der Waals surface area contributed by atoms with Crippen LogP contribution in [0.1, 0.15) is 49.4 Å². The Morgan fingerprint density at radius 1 is 1.25 bits per heavy atom. The first kappa shape index (κ1) is 13.2. The first-order valence-electron chi connectivity index (χ1n) is 7.68. The Morgan fingerprint density at radius 2 is 2.00 bits per heavy atom. The fourth-order valence-corrected chi connectivity index (χ4v) is 3.20. The molecule has 1 aromatic heterocycles. The number of carbonyl (C=O) groups excluding carboxylic acids is 1. The van der Waals surface area contributed by atoms with Gasteiger partial charge in [-0.05, 0) is 25.8 Å². The van der Waals surface area contributed by atoms with Gasteiger partial charge in [-0.25, -0.2) is 0 Å². The summed E-state index contributed by atoms with van der Waals surface area (Å²) in [7, 11) is 0. The summed E-state index contributed by atoms with van der Waals surface area (Å²) in [4.78, 5) is 12.5. The predicted molar refractivity (Wildman–Crippen MR) is 82.0 cm³/mol. The van der Waals surface area contributed by atoms with Crippen molar-refractivity contribution in [3.8, 4) is 0 Å². The molecule has 1 heterocycles. The van der Waals surface area contributed by atoms with Gasteiger partial charge in [0.25, 0.3) is 5.91 Å². The highest BCUT2D eigenvalue weighted by Gasteiger charge is 2.19. The van der Waals surface area contributed by atoms with Gasteiger partial charge in [-0.15, -0.1) is 0 Å². The van der Waals surface area contributed by atoms with Gasteiger partial charge in [0, 0.05) is 29.7 Å². The molecule has 1 N–H and O–H groups in total. The number of amides is 1. The van der Waals surface area contributed by atoms with Gasteiger partial charge in [-0.2, -0.15) is 0 Å². The fourth-order valence-electron chi connectivity index (χ4n) is 3.20. The molecule has 3 heteroatoms. The summed E-state index contributed by atoms with van der Waals surface area (Å²) in [6.45, 7) is 2.99. The Morgan fingerprint density at radius 3 is 2.75 bits per heavy atom. The fraction of sp³-hybridized carbons (Fsp3) is 0.471. The van der Waals surface area contributed by atoms with E-state index >= 15 is 0 Å². The summed E-state index contributed by atoms with van der Waals surface area (Å²) in [5, 5.41) is 4.27. The summed E-state index contributed by atoms with van der Waals surface area (Å²) in [5.74, 6) is 0.0836. The second-order valence-electron chi connectivity index (χ2n) is 5.65. The average molecular weight is 270 g/mol. The Balaban J connectivity index is 1.87. The quantitative estimate of drug-likeness (QED) is 0.906. The van der Waals surface area contributed by atoms with E-state index in [-0.39, 0.29) is 5.91 Å². The standard InChI is InChI=1S/C17H22N2O/c1-2-19-12-15(14-10-6-7-11-16(14)19)17(20)18-13-8-4-3-5-9-13/h6-7,10-13H,2-5,8-9H2,1H3,(H,18,20). The van der Waals surface area contributed by atoms with Crippen molar-refractivity contribution in [1.82, 2.24) is 9.88 Å². The van der Waals surface area contributed by atoms with Crippen molar-refractivity contribution in [2.75, 3.05) is 0 Å². The summed E-state index contributed by atoms with van der Waals surface area (Å²) < 4.78 is 2.14. The summed E-state index contributed by atoms with van der Waals surface area (Å²) >= 11 is 0. The lowest BCUT2D eigenvalue weighted by molar-refractivity contribution is 0.0929. The highest BCUT2D eigenvalue weighted by atomic mass is 16.1. The van der Waals surface area contributed by atoms with E-state index in [1.165, 1.54) is 19.3 Å². The molecule has 0 bridgehead atoms. The molecule has 2 aromatic rings. The molecular weight excluding hydrogens is 248 g/mol. The highest BCUT2D eigenvalue weighted by molar-refractivity contribution is 6.07. The molecule has 20 heavy (non-hydrogen) atoms. The number of fused-ring (bicyclic) bond motifs is 1. The number of hydrogen-bond donors (Lipinski definition) is 1. The predicted octanol–water partition coefficient (Wildman–Crippen LogP) is 3.72. The van der Waals surface area contributed by atoms with Crippen LogP contribution in [0.3, 0.4) is 0 Å². The van der Waals surface area contributed by atoms with Gasteiger partial charge in [0.15, 0.2) is 0 Å². The van der Waals surface area contributed by atoms with Gasteiger partial charge in [-0.3, -0.25) is 4.79 Å². The summed E-state index contributed by atoms with van der Waals surface area (Å²) in [6.07, 6.45) is 8.02. The number of aryl methyl sites for hydroxylation is 1. The maximum atomic E-state index is 12.5. The molecule has 0 saturated heterocycles. The van der Waals surface area contributed by atoms with Gasteiger partial charge in [-0.1, -0.05) is 37.5 Å². The number of rotatable bonds is 3. The normalized spacial score (nSPS) is 16.4. The molecule has 0 aliphatic heterocycles. The third-order valence-electron chi connectivity index (χ3n) is 4.31. The zero-order valence-electron chi connectivity index (χ0n) is 12.1. The Labute approximate surface area is 120 Å². The van der Waals surface area contributed by atoms with Crippen LogP contribution in [0.5, 0.6) is 0 Å². The molecule has 3 rings (SSSR count). The van der Waals surface area contributed by atoms with Crippen molar-refractivity contribution in [3.63, 3.8) is 0 Å². The minimum Gasteiger partial charge on any atom is -0.349 e. The minimum absolute atomic E-state index is 0.0836. The van der Waals surface area contributed by atoms with Crippen LogP contribution in [0.2, 0.25) is 0 Å². The molecule has 0 spiro atoms. The Bertz CT molecular complexity index is 608. The van der Waals surface area contributed by atoms with Crippen molar-refractivity contribution in [2.45, 2.75) is 51.6 Å². The smallest absolute Gasteiger partial charge is 0.253 e.